The number of amides is 1. The van der Waals surface area contributed by atoms with E-state index < -0.39 is 27.5 Å². The first kappa shape index (κ1) is 17.1. The Hall–Kier alpha value is -2.22. The van der Waals surface area contributed by atoms with Gasteiger partial charge in [-0.15, -0.1) is 4.40 Å². The molecule has 0 saturated carbocycles. The van der Waals surface area contributed by atoms with Crippen molar-refractivity contribution in [3.63, 3.8) is 0 Å². The first-order chi connectivity index (χ1) is 10.5. The van der Waals surface area contributed by atoms with E-state index >= 15 is 0 Å². The zero-order chi connectivity index (χ0) is 17.4. The molecule has 0 fully saturated rings. The molecule has 1 aromatic rings. The molecule has 0 aromatic heterocycles. The third kappa shape index (κ3) is 3.95. The molecule has 1 N–H and O–H groups in total. The molecule has 1 heterocycles. The number of benzene rings is 1. The molecule has 0 bridgehead atoms. The minimum Gasteiger partial charge on any atom is -0.346 e. The number of rotatable bonds is 2. The number of nitrogens with zero attached hydrogens (tertiary/aromatic N) is 2. The summed E-state index contributed by atoms with van der Waals surface area (Å²) in [6, 6.07) is 5.21. The highest BCUT2D eigenvalue weighted by atomic mass is 32.2. The second-order valence-corrected chi connectivity index (χ2v) is 7.79. The highest BCUT2D eigenvalue weighted by Crippen LogP contribution is 2.20. The fourth-order valence-corrected chi connectivity index (χ4v) is 2.84. The molecule has 0 spiro atoms. The third-order valence-corrected chi connectivity index (χ3v) is 4.35. The normalized spacial score (nSPS) is 17.3. The lowest BCUT2D eigenvalue weighted by Crippen LogP contribution is -2.45. The summed E-state index contributed by atoms with van der Waals surface area (Å²) in [6.07, 6.45) is 1.37. The Morgan fingerprint density at radius 3 is 2.30 bits per heavy atom. The van der Waals surface area contributed by atoms with Crippen LogP contribution >= 0.6 is 0 Å². The molecular formula is C15H18FN3O3S. The lowest BCUT2D eigenvalue weighted by Gasteiger charge is -2.27. The maximum absolute atomic E-state index is 13.0. The van der Waals surface area contributed by atoms with Crippen molar-refractivity contribution >= 4 is 21.8 Å². The van der Waals surface area contributed by atoms with Crippen LogP contribution in [0.25, 0.3) is 0 Å². The number of nitrogens with one attached hydrogen (secondary N) is 1. The van der Waals surface area contributed by atoms with Crippen molar-refractivity contribution in [1.29, 1.82) is 0 Å². The van der Waals surface area contributed by atoms with Crippen LogP contribution in [-0.4, -0.2) is 36.9 Å². The molecule has 124 valence electrons. The van der Waals surface area contributed by atoms with Crippen LogP contribution in [0, 0.1) is 5.82 Å². The van der Waals surface area contributed by atoms with Crippen LogP contribution in [-0.2, 0) is 15.0 Å². The molecule has 0 aliphatic carbocycles. The average molecular weight is 339 g/mol. The summed E-state index contributed by atoms with van der Waals surface area (Å²) in [6.45, 7) is 5.37. The van der Waals surface area contributed by atoms with Crippen LogP contribution in [0.3, 0.4) is 0 Å². The number of halogens is 1. The summed E-state index contributed by atoms with van der Waals surface area (Å²) in [7, 11) is -2.76. The highest BCUT2D eigenvalue weighted by molar-refractivity contribution is 7.88. The van der Waals surface area contributed by atoms with Crippen LogP contribution in [0.2, 0.25) is 0 Å². The van der Waals surface area contributed by atoms with E-state index in [2.05, 4.69) is 9.71 Å². The molecule has 0 unspecified atom stereocenters. The Labute approximate surface area is 134 Å². The Morgan fingerprint density at radius 2 is 1.78 bits per heavy atom. The fourth-order valence-electron chi connectivity index (χ4n) is 1.93. The number of likely N-dealkylation sites (N-methyl/N-ethyl adjacent to an activating group) is 1. The Bertz CT molecular complexity index is 790. The topological polar surface area (TPSA) is 78.8 Å². The molecule has 0 saturated heterocycles. The van der Waals surface area contributed by atoms with Gasteiger partial charge < -0.3 is 5.32 Å². The second-order valence-electron chi connectivity index (χ2n) is 6.16. The van der Waals surface area contributed by atoms with Crippen molar-refractivity contribution < 1.29 is 17.6 Å². The summed E-state index contributed by atoms with van der Waals surface area (Å²) in [5.41, 5.74) is -0.0757. The number of carbonyl (C=O) groups excluding carboxylic acids is 1. The maximum atomic E-state index is 13.0. The number of allylic oxidation sites excluding steroid dienone is 1. The van der Waals surface area contributed by atoms with Gasteiger partial charge in [0.1, 0.15) is 11.5 Å². The first-order valence-corrected chi connectivity index (χ1v) is 8.28. The third-order valence-electron chi connectivity index (χ3n) is 3.03. The number of carbonyl (C=O) groups is 1. The zero-order valence-electron chi connectivity index (χ0n) is 13.3. The van der Waals surface area contributed by atoms with Gasteiger partial charge in [-0.3, -0.25) is 4.79 Å². The molecule has 23 heavy (non-hydrogen) atoms. The Balaban J connectivity index is 2.47. The zero-order valence-corrected chi connectivity index (χ0v) is 14.1. The summed E-state index contributed by atoms with van der Waals surface area (Å²) in [4.78, 5) is 12.3. The summed E-state index contributed by atoms with van der Waals surface area (Å²) < 4.78 is 41.8. The molecule has 6 nitrogen and oxygen atoms in total. The predicted octanol–water partition coefficient (Wildman–Crippen LogP) is 1.60. The Kier molecular flexibility index (Phi) is 4.30. The number of hydrogen-bond donors (Lipinski definition) is 1. The largest absolute Gasteiger partial charge is 0.346 e. The van der Waals surface area contributed by atoms with E-state index in [-0.39, 0.29) is 11.4 Å². The van der Waals surface area contributed by atoms with E-state index in [1.807, 2.05) is 0 Å². The van der Waals surface area contributed by atoms with Gasteiger partial charge >= 0.3 is 10.2 Å². The van der Waals surface area contributed by atoms with Crippen molar-refractivity contribution in [2.24, 2.45) is 4.40 Å². The number of hydrogen-bond acceptors (Lipinski definition) is 3. The predicted molar refractivity (Wildman–Crippen MR) is 85.6 cm³/mol. The van der Waals surface area contributed by atoms with E-state index in [9.17, 15) is 17.6 Å². The molecule has 1 aliphatic rings. The lowest BCUT2D eigenvalue weighted by atomic mass is 10.1. The summed E-state index contributed by atoms with van der Waals surface area (Å²) in [5.74, 6) is -0.974. The first-order valence-electron chi connectivity index (χ1n) is 6.88. The van der Waals surface area contributed by atoms with Gasteiger partial charge in [-0.2, -0.15) is 8.42 Å². The monoisotopic (exact) mass is 339 g/mol. The van der Waals surface area contributed by atoms with Crippen molar-refractivity contribution in [2.45, 2.75) is 26.3 Å². The van der Waals surface area contributed by atoms with Crippen molar-refractivity contribution in [2.75, 3.05) is 7.05 Å². The van der Waals surface area contributed by atoms with Gasteiger partial charge in [0.2, 0.25) is 0 Å². The smallest absolute Gasteiger partial charge is 0.345 e. The molecule has 0 atom stereocenters. The van der Waals surface area contributed by atoms with E-state index in [0.717, 1.165) is 4.31 Å². The van der Waals surface area contributed by atoms with Crippen LogP contribution in [0.15, 0.2) is 40.4 Å². The van der Waals surface area contributed by atoms with Gasteiger partial charge in [0.25, 0.3) is 5.91 Å². The summed E-state index contributed by atoms with van der Waals surface area (Å²) in [5, 5.41) is 2.71. The van der Waals surface area contributed by atoms with Crippen LogP contribution in [0.5, 0.6) is 0 Å². The molecule has 0 radical (unpaired) electrons. The van der Waals surface area contributed by atoms with Gasteiger partial charge in [-0.05, 0) is 51.1 Å². The Morgan fingerprint density at radius 1 is 1.22 bits per heavy atom. The van der Waals surface area contributed by atoms with E-state index in [4.69, 9.17) is 0 Å². The molecule has 2 rings (SSSR count). The molecule has 1 amide bonds. The lowest BCUT2D eigenvalue weighted by molar-refractivity contribution is -0.119. The van der Waals surface area contributed by atoms with Crippen molar-refractivity contribution in [3.05, 3.63) is 47.4 Å². The van der Waals surface area contributed by atoms with E-state index in [0.29, 0.717) is 5.56 Å². The van der Waals surface area contributed by atoms with Gasteiger partial charge in [-0.25, -0.2) is 8.70 Å². The van der Waals surface area contributed by atoms with Crippen LogP contribution < -0.4 is 5.32 Å². The van der Waals surface area contributed by atoms with E-state index in [1.54, 1.807) is 20.8 Å². The van der Waals surface area contributed by atoms with Crippen LogP contribution in [0.4, 0.5) is 4.39 Å². The maximum Gasteiger partial charge on any atom is 0.345 e. The standard InChI is InChI=1S/C15H18FN3O3S/c1-15(2,3)17-14(20)13-9-12(18-23(21,22)19(13)4)10-5-7-11(16)8-6-10/h5-9H,1-4H3,(H,17,20). The quantitative estimate of drug-likeness (QED) is 0.889. The SMILES string of the molecule is CN1C(C(=O)NC(C)(C)C)=CC(c2ccc(F)cc2)=NS1(=O)=O. The molecule has 1 aliphatic heterocycles. The molecule has 1 aromatic carbocycles. The van der Waals surface area contributed by atoms with Crippen molar-refractivity contribution in [1.82, 2.24) is 9.62 Å². The van der Waals surface area contributed by atoms with Gasteiger partial charge in [0, 0.05) is 18.2 Å². The fraction of sp³-hybridized carbons (Fsp3) is 0.333. The van der Waals surface area contributed by atoms with E-state index in [1.165, 1.54) is 37.4 Å². The molecule has 8 heteroatoms. The summed E-state index contributed by atoms with van der Waals surface area (Å²) >= 11 is 0. The van der Waals surface area contributed by atoms with Crippen molar-refractivity contribution in [3.8, 4) is 0 Å². The second kappa shape index (κ2) is 5.77. The van der Waals surface area contributed by atoms with Gasteiger partial charge in [0.05, 0.1) is 5.71 Å². The average Bonchev–Trinajstić information content (AvgIpc) is 2.40. The highest BCUT2D eigenvalue weighted by Gasteiger charge is 2.31. The molecular weight excluding hydrogens is 321 g/mol. The van der Waals surface area contributed by atoms with Gasteiger partial charge in [-0.1, -0.05) is 0 Å². The minimum absolute atomic E-state index is 0.0470. The van der Waals surface area contributed by atoms with Crippen LogP contribution in [0.1, 0.15) is 26.3 Å². The minimum atomic E-state index is -4.02. The van der Waals surface area contributed by atoms with Gasteiger partial charge in [0.15, 0.2) is 0 Å².